The first-order valence-electron chi connectivity index (χ1n) is 8.02. The Bertz CT molecular complexity index is 412. The molecule has 0 spiro atoms. The number of hydrogen-bond acceptors (Lipinski definition) is 4. The Balaban J connectivity index is 1.98. The van der Waals surface area contributed by atoms with Gasteiger partial charge < -0.3 is 5.32 Å². The van der Waals surface area contributed by atoms with Crippen LogP contribution in [0.2, 0.25) is 0 Å². The highest BCUT2D eigenvalue weighted by molar-refractivity contribution is 7.09. The summed E-state index contributed by atoms with van der Waals surface area (Å²) in [5.41, 5.74) is 1.59. The predicted octanol–water partition coefficient (Wildman–Crippen LogP) is 3.24. The molecule has 0 aliphatic carbocycles. The molecule has 3 nitrogen and oxygen atoms in total. The number of thiazole rings is 1. The van der Waals surface area contributed by atoms with E-state index in [2.05, 4.69) is 48.3 Å². The van der Waals surface area contributed by atoms with E-state index in [-0.39, 0.29) is 0 Å². The maximum Gasteiger partial charge on any atom is 0.0897 e. The fraction of sp³-hybridized carbons (Fsp3) is 0.812. The third-order valence-corrected chi connectivity index (χ3v) is 5.70. The van der Waals surface area contributed by atoms with Crippen molar-refractivity contribution in [1.29, 1.82) is 0 Å². The highest BCUT2D eigenvalue weighted by Gasteiger charge is 2.35. The first kappa shape index (κ1) is 15.9. The summed E-state index contributed by atoms with van der Waals surface area (Å²) in [5, 5.41) is 7.21. The lowest BCUT2D eigenvalue weighted by atomic mass is 9.88. The Morgan fingerprint density at radius 1 is 1.40 bits per heavy atom. The molecule has 20 heavy (non-hydrogen) atoms. The molecular weight excluding hydrogens is 266 g/mol. The molecule has 2 rings (SSSR count). The SMILES string of the molecule is CCC1CNC(CC)(CC)CN1CCc1csc(C)n1. The molecular formula is C16H29N3S. The van der Waals surface area contributed by atoms with Crippen molar-refractivity contribution in [2.75, 3.05) is 19.6 Å². The molecule has 1 aromatic rings. The number of nitrogens with zero attached hydrogens (tertiary/aromatic N) is 2. The zero-order valence-electron chi connectivity index (χ0n) is 13.4. The van der Waals surface area contributed by atoms with Gasteiger partial charge in [0.25, 0.3) is 0 Å². The summed E-state index contributed by atoms with van der Waals surface area (Å²) >= 11 is 1.76. The van der Waals surface area contributed by atoms with Crippen molar-refractivity contribution in [1.82, 2.24) is 15.2 Å². The number of nitrogens with one attached hydrogen (secondary N) is 1. The van der Waals surface area contributed by atoms with E-state index in [4.69, 9.17) is 0 Å². The van der Waals surface area contributed by atoms with Gasteiger partial charge in [0.2, 0.25) is 0 Å². The zero-order chi connectivity index (χ0) is 14.6. The fourth-order valence-electron chi connectivity index (χ4n) is 3.21. The lowest BCUT2D eigenvalue weighted by Crippen LogP contribution is -2.63. The number of rotatable bonds is 6. The van der Waals surface area contributed by atoms with Gasteiger partial charge in [0.1, 0.15) is 0 Å². The molecule has 1 atom stereocenters. The first-order valence-corrected chi connectivity index (χ1v) is 8.90. The van der Waals surface area contributed by atoms with E-state index in [9.17, 15) is 0 Å². The average Bonchev–Trinajstić information content (AvgIpc) is 2.90. The molecule has 0 radical (unpaired) electrons. The largest absolute Gasteiger partial charge is 0.308 e. The minimum atomic E-state index is 0.323. The molecule has 0 saturated carbocycles. The van der Waals surface area contributed by atoms with Gasteiger partial charge in [0, 0.05) is 43.0 Å². The second kappa shape index (κ2) is 7.01. The van der Waals surface area contributed by atoms with Crippen LogP contribution in [0.25, 0.3) is 0 Å². The lowest BCUT2D eigenvalue weighted by Gasteiger charge is -2.47. The van der Waals surface area contributed by atoms with Crippen LogP contribution < -0.4 is 5.32 Å². The van der Waals surface area contributed by atoms with Crippen LogP contribution >= 0.6 is 11.3 Å². The zero-order valence-corrected chi connectivity index (χ0v) is 14.2. The molecule has 1 aliphatic rings. The molecule has 1 unspecified atom stereocenters. The third kappa shape index (κ3) is 3.60. The molecule has 1 N–H and O–H groups in total. The van der Waals surface area contributed by atoms with Crippen molar-refractivity contribution in [3.05, 3.63) is 16.1 Å². The Morgan fingerprint density at radius 3 is 2.70 bits per heavy atom. The van der Waals surface area contributed by atoms with Crippen LogP contribution in [0.4, 0.5) is 0 Å². The monoisotopic (exact) mass is 295 g/mol. The van der Waals surface area contributed by atoms with Crippen molar-refractivity contribution >= 4 is 11.3 Å². The third-order valence-electron chi connectivity index (χ3n) is 4.88. The Morgan fingerprint density at radius 2 is 2.15 bits per heavy atom. The van der Waals surface area contributed by atoms with Gasteiger partial charge in [-0.2, -0.15) is 0 Å². The van der Waals surface area contributed by atoms with E-state index in [1.54, 1.807) is 11.3 Å². The molecule has 1 aliphatic heterocycles. The molecule has 1 fully saturated rings. The number of aromatic nitrogens is 1. The van der Waals surface area contributed by atoms with Crippen LogP contribution in [0.15, 0.2) is 5.38 Å². The topological polar surface area (TPSA) is 28.2 Å². The molecule has 4 heteroatoms. The molecule has 0 aromatic carbocycles. The summed E-state index contributed by atoms with van der Waals surface area (Å²) in [7, 11) is 0. The van der Waals surface area contributed by atoms with E-state index in [1.807, 2.05) is 0 Å². The molecule has 0 bridgehead atoms. The molecule has 2 heterocycles. The summed E-state index contributed by atoms with van der Waals surface area (Å²) in [4.78, 5) is 7.29. The van der Waals surface area contributed by atoms with Crippen molar-refractivity contribution in [3.8, 4) is 0 Å². The number of piperazine rings is 1. The van der Waals surface area contributed by atoms with Crippen LogP contribution in [0, 0.1) is 6.92 Å². The number of aryl methyl sites for hydroxylation is 1. The maximum atomic E-state index is 4.60. The minimum absolute atomic E-state index is 0.323. The van der Waals surface area contributed by atoms with Gasteiger partial charge in [-0.1, -0.05) is 20.8 Å². The van der Waals surface area contributed by atoms with Crippen molar-refractivity contribution < 1.29 is 0 Å². The quantitative estimate of drug-likeness (QED) is 0.873. The summed E-state index contributed by atoms with van der Waals surface area (Å²) < 4.78 is 0. The Hall–Kier alpha value is -0.450. The van der Waals surface area contributed by atoms with E-state index in [0.29, 0.717) is 11.6 Å². The first-order chi connectivity index (χ1) is 9.62. The van der Waals surface area contributed by atoms with E-state index >= 15 is 0 Å². The van der Waals surface area contributed by atoms with Crippen LogP contribution in [-0.4, -0.2) is 41.1 Å². The van der Waals surface area contributed by atoms with Gasteiger partial charge in [-0.15, -0.1) is 11.3 Å². The Labute approximate surface area is 127 Å². The predicted molar refractivity (Wildman–Crippen MR) is 87.5 cm³/mol. The Kier molecular flexibility index (Phi) is 5.58. The number of hydrogen-bond donors (Lipinski definition) is 1. The highest BCUT2D eigenvalue weighted by Crippen LogP contribution is 2.24. The molecule has 114 valence electrons. The van der Waals surface area contributed by atoms with E-state index in [1.165, 1.54) is 36.5 Å². The second-order valence-electron chi connectivity index (χ2n) is 6.01. The van der Waals surface area contributed by atoms with Crippen LogP contribution in [0.3, 0.4) is 0 Å². The maximum absolute atomic E-state index is 4.60. The van der Waals surface area contributed by atoms with Gasteiger partial charge in [0.15, 0.2) is 0 Å². The van der Waals surface area contributed by atoms with Crippen LogP contribution in [0.5, 0.6) is 0 Å². The van der Waals surface area contributed by atoms with Crippen LogP contribution in [-0.2, 0) is 6.42 Å². The van der Waals surface area contributed by atoms with Crippen molar-refractivity contribution in [2.24, 2.45) is 0 Å². The molecule has 1 aromatic heterocycles. The molecule has 0 amide bonds. The molecule has 1 saturated heterocycles. The normalized spacial score (nSPS) is 23.1. The van der Waals surface area contributed by atoms with Crippen LogP contribution in [0.1, 0.15) is 50.7 Å². The fourth-order valence-corrected chi connectivity index (χ4v) is 3.85. The summed E-state index contributed by atoms with van der Waals surface area (Å²) in [6.45, 7) is 12.5. The van der Waals surface area contributed by atoms with Crippen molar-refractivity contribution in [2.45, 2.75) is 65.0 Å². The average molecular weight is 295 g/mol. The van der Waals surface area contributed by atoms with Gasteiger partial charge in [-0.3, -0.25) is 4.90 Å². The summed E-state index contributed by atoms with van der Waals surface area (Å²) in [6, 6.07) is 0.681. The second-order valence-corrected chi connectivity index (χ2v) is 7.07. The lowest BCUT2D eigenvalue weighted by molar-refractivity contribution is 0.0714. The summed E-state index contributed by atoms with van der Waals surface area (Å²) in [5.74, 6) is 0. The minimum Gasteiger partial charge on any atom is -0.308 e. The van der Waals surface area contributed by atoms with Gasteiger partial charge in [0.05, 0.1) is 10.7 Å². The van der Waals surface area contributed by atoms with Crippen molar-refractivity contribution in [3.63, 3.8) is 0 Å². The van der Waals surface area contributed by atoms with Gasteiger partial charge in [-0.25, -0.2) is 4.98 Å². The smallest absolute Gasteiger partial charge is 0.0897 e. The highest BCUT2D eigenvalue weighted by atomic mass is 32.1. The van der Waals surface area contributed by atoms with Gasteiger partial charge >= 0.3 is 0 Å². The summed E-state index contributed by atoms with van der Waals surface area (Å²) in [6.07, 6.45) is 4.75. The van der Waals surface area contributed by atoms with E-state index in [0.717, 1.165) is 19.5 Å². The van der Waals surface area contributed by atoms with Gasteiger partial charge in [-0.05, 0) is 26.2 Å². The van der Waals surface area contributed by atoms with E-state index < -0.39 is 0 Å². The standard InChI is InChI=1S/C16H29N3S/c1-5-15-10-17-16(6-2,7-3)12-19(15)9-8-14-11-20-13(4)18-14/h11,15,17H,5-10,12H2,1-4H3.